The summed E-state index contributed by atoms with van der Waals surface area (Å²) < 4.78 is 1.98. The fourth-order valence-electron chi connectivity index (χ4n) is 7.31. The summed E-state index contributed by atoms with van der Waals surface area (Å²) in [7, 11) is 0. The number of carbonyl (C=O) groups excluding carboxylic acids is 2. The first-order valence-corrected chi connectivity index (χ1v) is 12.3. The van der Waals surface area contributed by atoms with Crippen LogP contribution in [0.4, 0.5) is 5.82 Å². The molecule has 0 radical (unpaired) electrons. The Morgan fingerprint density at radius 3 is 2.53 bits per heavy atom. The molecular weight excluding hydrogens is 404 g/mol. The second kappa shape index (κ2) is 6.93. The first-order chi connectivity index (χ1) is 15.7. The van der Waals surface area contributed by atoms with Crippen LogP contribution in [0.5, 0.6) is 0 Å². The second-order valence-electron chi connectivity index (χ2n) is 10.7. The molecule has 8 heteroatoms. The van der Waals surface area contributed by atoms with Gasteiger partial charge in [0.25, 0.3) is 0 Å². The first kappa shape index (κ1) is 18.9. The van der Waals surface area contributed by atoms with E-state index in [9.17, 15) is 9.59 Å². The molecule has 2 aromatic heterocycles. The monoisotopic (exact) mass is 434 g/mol. The molecular formula is C24H30N6O2. The van der Waals surface area contributed by atoms with E-state index < -0.39 is 0 Å². The molecule has 32 heavy (non-hydrogen) atoms. The zero-order valence-corrected chi connectivity index (χ0v) is 18.3. The lowest BCUT2D eigenvalue weighted by Crippen LogP contribution is -2.42. The van der Waals surface area contributed by atoms with Crippen molar-refractivity contribution in [2.24, 2.45) is 35.5 Å². The highest BCUT2D eigenvalue weighted by atomic mass is 16.2. The molecule has 8 nitrogen and oxygen atoms in total. The highest BCUT2D eigenvalue weighted by Gasteiger charge is 2.61. The van der Waals surface area contributed by atoms with E-state index in [0.29, 0.717) is 23.7 Å². The van der Waals surface area contributed by atoms with E-state index in [1.165, 1.54) is 19.3 Å². The average molecular weight is 435 g/mol. The summed E-state index contributed by atoms with van der Waals surface area (Å²) >= 11 is 0. The van der Waals surface area contributed by atoms with Crippen molar-refractivity contribution in [2.75, 3.05) is 31.1 Å². The van der Waals surface area contributed by atoms with Crippen molar-refractivity contribution in [2.45, 2.75) is 38.1 Å². The van der Waals surface area contributed by atoms with E-state index in [4.69, 9.17) is 0 Å². The van der Waals surface area contributed by atoms with E-state index in [0.717, 1.165) is 56.4 Å². The highest BCUT2D eigenvalue weighted by Crippen LogP contribution is 2.54. The number of piperidine rings is 1. The van der Waals surface area contributed by atoms with Crippen molar-refractivity contribution < 1.29 is 9.59 Å². The van der Waals surface area contributed by atoms with Crippen molar-refractivity contribution in [3.63, 3.8) is 0 Å². The number of fused-ring (bicyclic) bond motifs is 4. The largest absolute Gasteiger partial charge is 0.351 e. The number of hydrogen-bond donors (Lipinski definition) is 1. The number of imidazole rings is 1. The Balaban J connectivity index is 0.933. The Labute approximate surface area is 187 Å². The number of aromatic nitrogens is 3. The lowest BCUT2D eigenvalue weighted by molar-refractivity contribution is -0.137. The van der Waals surface area contributed by atoms with Gasteiger partial charge in [-0.1, -0.05) is 6.42 Å². The fraction of sp³-hybridized carbons (Fsp3) is 0.667. The molecule has 2 bridgehead atoms. The zero-order chi connectivity index (χ0) is 21.4. The molecule has 0 aromatic carbocycles. The standard InChI is InChI=1S/C24H30N6O2/c31-23(27-16-3-6-29(11-16)22-21-25-4-7-28(21)8-5-26-22)20-18-12-30(13-19(18)20)24(32)17-10-14-1-2-15(17)9-14/h4-5,7-8,14-20H,1-3,6,9-13H2,(H,27,31)/t14-,15+,16+,17-,18-,19+,20?/m1/s1. The molecule has 3 saturated carbocycles. The molecule has 168 valence electrons. The fourth-order valence-corrected chi connectivity index (χ4v) is 7.31. The second-order valence-corrected chi connectivity index (χ2v) is 10.7. The third-order valence-electron chi connectivity index (χ3n) is 8.99. The van der Waals surface area contributed by atoms with Gasteiger partial charge in [0.05, 0.1) is 0 Å². The molecule has 7 rings (SSSR count). The van der Waals surface area contributed by atoms with Crippen molar-refractivity contribution in [1.29, 1.82) is 0 Å². The van der Waals surface area contributed by atoms with Crippen molar-refractivity contribution in [3.05, 3.63) is 24.8 Å². The number of nitrogens with zero attached hydrogens (tertiary/aromatic N) is 5. The molecule has 2 saturated heterocycles. The Kier molecular flexibility index (Phi) is 4.09. The van der Waals surface area contributed by atoms with Crippen LogP contribution < -0.4 is 10.2 Å². The minimum absolute atomic E-state index is 0.0991. The van der Waals surface area contributed by atoms with E-state index in [2.05, 4.69) is 25.1 Å². The molecule has 5 aliphatic rings. The van der Waals surface area contributed by atoms with Gasteiger partial charge >= 0.3 is 0 Å². The van der Waals surface area contributed by atoms with E-state index in [1.54, 1.807) is 12.4 Å². The summed E-state index contributed by atoms with van der Waals surface area (Å²) in [5, 5.41) is 3.29. The van der Waals surface area contributed by atoms with Gasteiger partial charge in [-0.05, 0) is 49.4 Å². The molecule has 7 atom stereocenters. The molecule has 3 aliphatic carbocycles. The van der Waals surface area contributed by atoms with Crippen LogP contribution in [0.2, 0.25) is 0 Å². The molecule has 1 N–H and O–H groups in total. The maximum atomic E-state index is 13.0. The smallest absolute Gasteiger partial charge is 0.225 e. The molecule has 4 heterocycles. The van der Waals surface area contributed by atoms with Crippen LogP contribution in [0.1, 0.15) is 32.1 Å². The van der Waals surface area contributed by atoms with Gasteiger partial charge in [0.1, 0.15) is 0 Å². The number of rotatable bonds is 4. The summed E-state index contributed by atoms with van der Waals surface area (Å²) in [6.45, 7) is 3.21. The summed E-state index contributed by atoms with van der Waals surface area (Å²) in [5.74, 6) is 4.00. The van der Waals surface area contributed by atoms with Crippen molar-refractivity contribution in [1.82, 2.24) is 24.6 Å². The third-order valence-corrected chi connectivity index (χ3v) is 8.99. The number of likely N-dealkylation sites (tertiary alicyclic amines) is 1. The van der Waals surface area contributed by atoms with Crippen LogP contribution in [0, 0.1) is 35.5 Å². The molecule has 2 aromatic rings. The number of nitrogens with one attached hydrogen (secondary N) is 1. The van der Waals surface area contributed by atoms with Gasteiger partial charge in [-0.2, -0.15) is 0 Å². The topological polar surface area (TPSA) is 82.8 Å². The van der Waals surface area contributed by atoms with Gasteiger partial charge in [-0.25, -0.2) is 9.97 Å². The summed E-state index contributed by atoms with van der Waals surface area (Å²) in [4.78, 5) is 39.2. The number of amides is 2. The maximum Gasteiger partial charge on any atom is 0.225 e. The predicted molar refractivity (Wildman–Crippen MR) is 118 cm³/mol. The maximum absolute atomic E-state index is 13.0. The van der Waals surface area contributed by atoms with Gasteiger partial charge in [0.15, 0.2) is 11.5 Å². The van der Waals surface area contributed by atoms with Crippen LogP contribution >= 0.6 is 0 Å². The SMILES string of the molecule is O=C(N[C@H]1CCN(c2nccn3ccnc23)C1)C1[C@H]2CN(C(=O)[C@@H]3C[C@@H]4CC[C@H]3C4)C[C@@H]12. The number of carbonyl (C=O) groups is 2. The predicted octanol–water partition coefficient (Wildman–Crippen LogP) is 1.56. The van der Waals surface area contributed by atoms with Crippen LogP contribution in [-0.4, -0.2) is 63.3 Å². The van der Waals surface area contributed by atoms with E-state index >= 15 is 0 Å². The lowest BCUT2D eigenvalue weighted by atomic mass is 9.87. The van der Waals surface area contributed by atoms with Crippen LogP contribution in [0.25, 0.3) is 5.65 Å². The number of hydrogen-bond acceptors (Lipinski definition) is 5. The average Bonchev–Trinajstić information content (AvgIpc) is 3.49. The lowest BCUT2D eigenvalue weighted by Gasteiger charge is -2.28. The van der Waals surface area contributed by atoms with Crippen LogP contribution in [-0.2, 0) is 9.59 Å². The molecule has 2 aliphatic heterocycles. The Morgan fingerprint density at radius 2 is 1.78 bits per heavy atom. The summed E-state index contributed by atoms with van der Waals surface area (Å²) in [6.07, 6.45) is 13.3. The van der Waals surface area contributed by atoms with E-state index in [-0.39, 0.29) is 23.8 Å². The van der Waals surface area contributed by atoms with Crippen molar-refractivity contribution in [3.8, 4) is 0 Å². The Morgan fingerprint density at radius 1 is 0.969 bits per heavy atom. The zero-order valence-electron chi connectivity index (χ0n) is 18.3. The van der Waals surface area contributed by atoms with E-state index in [1.807, 2.05) is 16.8 Å². The van der Waals surface area contributed by atoms with Gasteiger partial charge in [-0.15, -0.1) is 0 Å². The molecule has 0 spiro atoms. The summed E-state index contributed by atoms with van der Waals surface area (Å²) in [6, 6.07) is 0.146. The third kappa shape index (κ3) is 2.87. The first-order valence-electron chi connectivity index (χ1n) is 12.3. The molecule has 2 amide bonds. The van der Waals surface area contributed by atoms with Gasteiger partial charge < -0.3 is 19.5 Å². The Hall–Kier alpha value is -2.64. The van der Waals surface area contributed by atoms with Crippen LogP contribution in [0.15, 0.2) is 24.8 Å². The Bertz CT molecular complexity index is 1070. The normalized spacial score (nSPS) is 37.3. The van der Waals surface area contributed by atoms with Gasteiger partial charge in [-0.3, -0.25) is 9.59 Å². The van der Waals surface area contributed by atoms with Gasteiger partial charge in [0.2, 0.25) is 11.8 Å². The highest BCUT2D eigenvalue weighted by molar-refractivity contribution is 5.85. The molecule has 1 unspecified atom stereocenters. The minimum atomic E-state index is 0.0991. The quantitative estimate of drug-likeness (QED) is 0.790. The van der Waals surface area contributed by atoms with Gasteiger partial charge in [0, 0.05) is 68.8 Å². The van der Waals surface area contributed by atoms with Crippen LogP contribution in [0.3, 0.4) is 0 Å². The summed E-state index contributed by atoms with van der Waals surface area (Å²) in [5.41, 5.74) is 0.858. The number of anilines is 1. The molecule has 5 fully saturated rings. The minimum Gasteiger partial charge on any atom is -0.351 e. The van der Waals surface area contributed by atoms with Crippen molar-refractivity contribution >= 4 is 23.3 Å².